The van der Waals surface area contributed by atoms with Crippen LogP contribution in [0.4, 0.5) is 0 Å². The van der Waals surface area contributed by atoms with Crippen LogP contribution in [0.25, 0.3) is 0 Å². The van der Waals surface area contributed by atoms with Crippen molar-refractivity contribution < 1.29 is 4.79 Å². The first kappa shape index (κ1) is 11.3. The Morgan fingerprint density at radius 3 is 2.80 bits per heavy atom. The van der Waals surface area contributed by atoms with Gasteiger partial charge in [0.05, 0.1) is 0 Å². The molecule has 1 N–H and O–H groups in total. The molecule has 2 bridgehead atoms. The van der Waals surface area contributed by atoms with Crippen molar-refractivity contribution in [1.29, 1.82) is 0 Å². The second kappa shape index (κ2) is 5.20. The summed E-state index contributed by atoms with van der Waals surface area (Å²) in [5.41, 5.74) is 0. The summed E-state index contributed by atoms with van der Waals surface area (Å²) >= 11 is 5.54. The van der Waals surface area contributed by atoms with Crippen LogP contribution in [0, 0.1) is 17.8 Å². The van der Waals surface area contributed by atoms with Crippen LogP contribution in [0.1, 0.15) is 38.5 Å². The normalized spacial score (nSPS) is 33.3. The number of alkyl halides is 1. The van der Waals surface area contributed by atoms with Crippen LogP contribution in [0.3, 0.4) is 0 Å². The molecular weight excluding hydrogens is 210 g/mol. The maximum absolute atomic E-state index is 11.4. The van der Waals surface area contributed by atoms with Gasteiger partial charge in [0.25, 0.3) is 0 Å². The minimum atomic E-state index is 0.179. The first-order valence-corrected chi connectivity index (χ1v) is 6.65. The van der Waals surface area contributed by atoms with Gasteiger partial charge in [-0.15, -0.1) is 11.6 Å². The zero-order valence-corrected chi connectivity index (χ0v) is 9.93. The molecule has 0 unspecified atom stereocenters. The molecule has 0 aromatic carbocycles. The van der Waals surface area contributed by atoms with Gasteiger partial charge in [0.1, 0.15) is 0 Å². The molecule has 0 aromatic heterocycles. The number of fused-ring (bicyclic) bond motifs is 2. The SMILES string of the molecule is O=C(CCCCl)NC[C@H]1C[C@H]2CC[C@H]1C2. The minimum Gasteiger partial charge on any atom is -0.356 e. The predicted molar refractivity (Wildman–Crippen MR) is 61.9 cm³/mol. The predicted octanol–water partition coefficient (Wildman–Crippen LogP) is 2.56. The lowest BCUT2D eigenvalue weighted by Crippen LogP contribution is -2.31. The molecule has 2 aliphatic carbocycles. The van der Waals surface area contributed by atoms with Crippen LogP contribution in [-0.2, 0) is 4.79 Å². The van der Waals surface area contributed by atoms with Gasteiger partial charge in [-0.25, -0.2) is 0 Å². The highest BCUT2D eigenvalue weighted by atomic mass is 35.5. The van der Waals surface area contributed by atoms with E-state index < -0.39 is 0 Å². The highest BCUT2D eigenvalue weighted by molar-refractivity contribution is 6.17. The van der Waals surface area contributed by atoms with Gasteiger partial charge in [-0.3, -0.25) is 4.79 Å². The molecule has 0 spiro atoms. The van der Waals surface area contributed by atoms with E-state index in [1.807, 2.05) is 0 Å². The molecule has 86 valence electrons. The summed E-state index contributed by atoms with van der Waals surface area (Å²) in [5.74, 6) is 3.41. The first-order valence-electron chi connectivity index (χ1n) is 6.12. The fourth-order valence-electron chi connectivity index (χ4n) is 3.19. The van der Waals surface area contributed by atoms with E-state index in [-0.39, 0.29) is 5.91 Å². The average molecular weight is 230 g/mol. The van der Waals surface area contributed by atoms with E-state index in [0.717, 1.165) is 30.7 Å². The van der Waals surface area contributed by atoms with Crippen molar-refractivity contribution in [2.24, 2.45) is 17.8 Å². The van der Waals surface area contributed by atoms with E-state index in [1.165, 1.54) is 25.7 Å². The Labute approximate surface area is 96.8 Å². The van der Waals surface area contributed by atoms with Gasteiger partial charge in [0.15, 0.2) is 0 Å². The molecule has 0 heterocycles. The summed E-state index contributed by atoms with van der Waals surface area (Å²) in [6, 6.07) is 0. The molecule has 3 heteroatoms. The molecule has 2 nitrogen and oxygen atoms in total. The fourth-order valence-corrected chi connectivity index (χ4v) is 3.32. The van der Waals surface area contributed by atoms with E-state index in [4.69, 9.17) is 11.6 Å². The quantitative estimate of drug-likeness (QED) is 0.722. The molecule has 3 atom stereocenters. The molecule has 2 aliphatic rings. The number of rotatable bonds is 5. The van der Waals surface area contributed by atoms with Gasteiger partial charge in [-0.1, -0.05) is 6.42 Å². The Morgan fingerprint density at radius 2 is 2.20 bits per heavy atom. The average Bonchev–Trinajstić information content (AvgIpc) is 2.84. The topological polar surface area (TPSA) is 29.1 Å². The highest BCUT2D eigenvalue weighted by Gasteiger charge is 2.39. The van der Waals surface area contributed by atoms with E-state index >= 15 is 0 Å². The zero-order valence-electron chi connectivity index (χ0n) is 9.18. The minimum absolute atomic E-state index is 0.179. The first-order chi connectivity index (χ1) is 7.29. The third-order valence-electron chi connectivity index (χ3n) is 3.98. The van der Waals surface area contributed by atoms with Crippen molar-refractivity contribution in [2.75, 3.05) is 12.4 Å². The van der Waals surface area contributed by atoms with Crippen LogP contribution in [0.5, 0.6) is 0 Å². The standard InChI is InChI=1S/C12H20ClNO/c13-5-1-2-12(15)14-8-11-7-9-3-4-10(11)6-9/h9-11H,1-8H2,(H,14,15)/t9-,10-,11+/m0/s1. The Kier molecular flexibility index (Phi) is 3.90. The van der Waals surface area contributed by atoms with E-state index in [1.54, 1.807) is 0 Å². The van der Waals surface area contributed by atoms with Gasteiger partial charge in [-0.2, -0.15) is 0 Å². The maximum Gasteiger partial charge on any atom is 0.220 e. The molecule has 2 rings (SSSR count). The molecule has 15 heavy (non-hydrogen) atoms. The molecule has 2 saturated carbocycles. The van der Waals surface area contributed by atoms with Crippen LogP contribution in [0.15, 0.2) is 0 Å². The number of halogens is 1. The summed E-state index contributed by atoms with van der Waals surface area (Å²) in [7, 11) is 0. The van der Waals surface area contributed by atoms with Crippen molar-refractivity contribution in [1.82, 2.24) is 5.32 Å². The maximum atomic E-state index is 11.4. The van der Waals surface area contributed by atoms with Gasteiger partial charge in [0.2, 0.25) is 5.91 Å². The van der Waals surface area contributed by atoms with Gasteiger partial charge in [-0.05, 0) is 43.4 Å². The van der Waals surface area contributed by atoms with Crippen molar-refractivity contribution in [3.8, 4) is 0 Å². The van der Waals surface area contributed by atoms with Crippen LogP contribution in [-0.4, -0.2) is 18.3 Å². The molecule has 0 saturated heterocycles. The molecule has 0 radical (unpaired) electrons. The number of hydrogen-bond acceptors (Lipinski definition) is 1. The van der Waals surface area contributed by atoms with Crippen molar-refractivity contribution >= 4 is 17.5 Å². The Bertz CT molecular complexity index is 232. The molecule has 2 fully saturated rings. The Hall–Kier alpha value is -0.240. The number of hydrogen-bond donors (Lipinski definition) is 1. The molecule has 0 aromatic rings. The Balaban J connectivity index is 1.64. The molecule has 0 aliphatic heterocycles. The van der Waals surface area contributed by atoms with E-state index in [0.29, 0.717) is 12.3 Å². The van der Waals surface area contributed by atoms with Crippen molar-refractivity contribution in [2.45, 2.75) is 38.5 Å². The number of carbonyl (C=O) groups excluding carboxylic acids is 1. The summed E-state index contributed by atoms with van der Waals surface area (Å²) in [5, 5.41) is 3.05. The monoisotopic (exact) mass is 229 g/mol. The third kappa shape index (κ3) is 2.87. The molecular formula is C12H20ClNO. The smallest absolute Gasteiger partial charge is 0.220 e. The van der Waals surface area contributed by atoms with E-state index in [9.17, 15) is 4.79 Å². The van der Waals surface area contributed by atoms with Crippen LogP contribution < -0.4 is 5.32 Å². The lowest BCUT2D eigenvalue weighted by molar-refractivity contribution is -0.121. The van der Waals surface area contributed by atoms with Gasteiger partial charge < -0.3 is 5.32 Å². The fraction of sp³-hybridized carbons (Fsp3) is 0.917. The summed E-state index contributed by atoms with van der Waals surface area (Å²) < 4.78 is 0. The number of carbonyl (C=O) groups is 1. The summed E-state index contributed by atoms with van der Waals surface area (Å²) in [6.45, 7) is 0.905. The van der Waals surface area contributed by atoms with Crippen LogP contribution in [0.2, 0.25) is 0 Å². The zero-order chi connectivity index (χ0) is 10.7. The number of amides is 1. The lowest BCUT2D eigenvalue weighted by Gasteiger charge is -2.21. The second-order valence-corrected chi connectivity index (χ2v) is 5.41. The lowest BCUT2D eigenvalue weighted by atomic mass is 9.89. The summed E-state index contributed by atoms with van der Waals surface area (Å²) in [4.78, 5) is 11.4. The summed E-state index contributed by atoms with van der Waals surface area (Å²) in [6.07, 6.45) is 6.98. The van der Waals surface area contributed by atoms with Gasteiger partial charge in [0, 0.05) is 18.8 Å². The van der Waals surface area contributed by atoms with Crippen LogP contribution >= 0.6 is 11.6 Å². The second-order valence-electron chi connectivity index (χ2n) is 5.03. The van der Waals surface area contributed by atoms with Crippen molar-refractivity contribution in [3.05, 3.63) is 0 Å². The Morgan fingerprint density at radius 1 is 1.33 bits per heavy atom. The number of nitrogens with one attached hydrogen (secondary N) is 1. The van der Waals surface area contributed by atoms with Crippen molar-refractivity contribution in [3.63, 3.8) is 0 Å². The highest BCUT2D eigenvalue weighted by Crippen LogP contribution is 2.47. The largest absolute Gasteiger partial charge is 0.356 e. The van der Waals surface area contributed by atoms with Gasteiger partial charge >= 0.3 is 0 Å². The van der Waals surface area contributed by atoms with E-state index in [2.05, 4.69) is 5.32 Å². The third-order valence-corrected chi connectivity index (χ3v) is 4.25. The molecule has 1 amide bonds.